The minimum atomic E-state index is 0.188. The lowest BCUT2D eigenvalue weighted by molar-refractivity contribution is 0.144. The highest BCUT2D eigenvalue weighted by Crippen LogP contribution is 2.34. The zero-order valence-electron chi connectivity index (χ0n) is 15.0. The molecule has 0 aliphatic carbocycles. The van der Waals surface area contributed by atoms with Gasteiger partial charge in [0.25, 0.3) is 0 Å². The summed E-state index contributed by atoms with van der Waals surface area (Å²) in [5, 5.41) is 8.60. The van der Waals surface area contributed by atoms with Crippen molar-refractivity contribution in [1.29, 1.82) is 0 Å². The lowest BCUT2D eigenvalue weighted by atomic mass is 9.97. The second-order valence-corrected chi connectivity index (χ2v) is 7.63. The van der Waals surface area contributed by atoms with Crippen LogP contribution in [0.2, 0.25) is 0 Å². The van der Waals surface area contributed by atoms with Crippen LogP contribution in [0.25, 0.3) is 11.5 Å². The molecule has 0 saturated carbocycles. The van der Waals surface area contributed by atoms with Crippen LogP contribution in [0, 0.1) is 12.8 Å². The Balaban J connectivity index is 1.52. The highest BCUT2D eigenvalue weighted by molar-refractivity contribution is 7.09. The van der Waals surface area contributed by atoms with Gasteiger partial charge in [0.1, 0.15) is 0 Å². The molecule has 6 nitrogen and oxygen atoms in total. The van der Waals surface area contributed by atoms with Crippen LogP contribution in [0.5, 0.6) is 0 Å². The van der Waals surface area contributed by atoms with Gasteiger partial charge in [-0.25, -0.2) is 4.98 Å². The summed E-state index contributed by atoms with van der Waals surface area (Å²) in [6.45, 7) is 5.51. The number of likely N-dealkylation sites (tertiary alicyclic amines) is 1. The van der Waals surface area contributed by atoms with Gasteiger partial charge in [-0.2, -0.15) is 0 Å². The van der Waals surface area contributed by atoms with E-state index in [0.717, 1.165) is 30.9 Å². The lowest BCUT2D eigenvalue weighted by Crippen LogP contribution is -2.21. The third kappa shape index (κ3) is 3.56. The molecule has 3 aromatic rings. The van der Waals surface area contributed by atoms with E-state index in [2.05, 4.69) is 27.0 Å². The van der Waals surface area contributed by atoms with Crippen LogP contribution < -0.4 is 0 Å². The maximum Gasteiger partial charge on any atom is 0.247 e. The molecule has 0 bridgehead atoms. The molecule has 0 N–H and O–H groups in total. The Morgan fingerprint density at radius 1 is 1.23 bits per heavy atom. The monoisotopic (exact) mass is 370 g/mol. The quantitative estimate of drug-likeness (QED) is 0.663. The van der Waals surface area contributed by atoms with Crippen LogP contribution in [0.1, 0.15) is 22.4 Å². The van der Waals surface area contributed by atoms with Crippen molar-refractivity contribution < 1.29 is 9.15 Å². The predicted octanol–water partition coefficient (Wildman–Crippen LogP) is 3.36. The van der Waals surface area contributed by atoms with Gasteiger partial charge in [0.2, 0.25) is 11.8 Å². The van der Waals surface area contributed by atoms with Crippen LogP contribution in [0.15, 0.2) is 40.3 Å². The van der Waals surface area contributed by atoms with Crippen molar-refractivity contribution in [2.75, 3.05) is 26.8 Å². The minimum absolute atomic E-state index is 0.188. The first kappa shape index (κ1) is 17.3. The van der Waals surface area contributed by atoms with Crippen molar-refractivity contribution in [3.05, 3.63) is 52.3 Å². The number of hydrogen-bond donors (Lipinski definition) is 0. The van der Waals surface area contributed by atoms with Gasteiger partial charge < -0.3 is 9.15 Å². The van der Waals surface area contributed by atoms with E-state index < -0.39 is 0 Å². The number of ether oxygens (including phenoxy) is 1. The third-order valence-electron chi connectivity index (χ3n) is 4.89. The fourth-order valence-electron chi connectivity index (χ4n) is 3.52. The topological polar surface area (TPSA) is 64.3 Å². The largest absolute Gasteiger partial charge is 0.420 e. The Hall–Kier alpha value is -2.09. The molecule has 3 heterocycles. The number of methoxy groups -OCH3 is 1. The molecule has 1 aromatic carbocycles. The molecule has 1 aliphatic heterocycles. The molecule has 2 atom stereocenters. The van der Waals surface area contributed by atoms with E-state index >= 15 is 0 Å². The highest BCUT2D eigenvalue weighted by Gasteiger charge is 2.37. The number of benzene rings is 1. The molecule has 0 radical (unpaired) electrons. The zero-order valence-corrected chi connectivity index (χ0v) is 15.8. The fraction of sp³-hybridized carbons (Fsp3) is 0.421. The average molecular weight is 370 g/mol. The van der Waals surface area contributed by atoms with Crippen molar-refractivity contribution in [2.24, 2.45) is 5.92 Å². The summed E-state index contributed by atoms with van der Waals surface area (Å²) < 4.78 is 11.5. The summed E-state index contributed by atoms with van der Waals surface area (Å²) >= 11 is 1.71. The highest BCUT2D eigenvalue weighted by atomic mass is 32.1. The van der Waals surface area contributed by atoms with Crippen LogP contribution in [-0.2, 0) is 11.3 Å². The molecule has 0 spiro atoms. The van der Waals surface area contributed by atoms with E-state index in [1.165, 1.54) is 4.88 Å². The summed E-state index contributed by atoms with van der Waals surface area (Å²) in [5.41, 5.74) is 3.98. The summed E-state index contributed by atoms with van der Waals surface area (Å²) in [4.78, 5) is 8.10. The molecular weight excluding hydrogens is 348 g/mol. The lowest BCUT2D eigenvalue weighted by Gasteiger charge is -2.14. The van der Waals surface area contributed by atoms with Crippen LogP contribution in [-0.4, -0.2) is 46.9 Å². The number of nitrogens with zero attached hydrogens (tertiary/aromatic N) is 4. The standard InChI is InChI=1S/C19H22N4O2S/c1-13-17(26-12-20-13)10-23-8-15(11-24-2)16(9-23)19-22-21-18(25-19)14-6-4-3-5-7-14/h3-7,12,15-16H,8-11H2,1-2H3/t15-,16+/m0/s1. The Morgan fingerprint density at radius 2 is 2.08 bits per heavy atom. The first-order chi connectivity index (χ1) is 12.7. The average Bonchev–Trinajstić information content (AvgIpc) is 3.37. The van der Waals surface area contributed by atoms with E-state index in [0.29, 0.717) is 24.3 Å². The molecule has 1 saturated heterocycles. The van der Waals surface area contributed by atoms with Gasteiger partial charge in [-0.3, -0.25) is 4.90 Å². The van der Waals surface area contributed by atoms with Crippen molar-refractivity contribution in [3.8, 4) is 11.5 Å². The number of aromatic nitrogens is 3. The summed E-state index contributed by atoms with van der Waals surface area (Å²) in [6.07, 6.45) is 0. The van der Waals surface area contributed by atoms with Crippen LogP contribution in [0.3, 0.4) is 0 Å². The van der Waals surface area contributed by atoms with Gasteiger partial charge in [-0.1, -0.05) is 18.2 Å². The number of thiazole rings is 1. The fourth-order valence-corrected chi connectivity index (χ4v) is 4.33. The molecule has 136 valence electrons. The maximum absolute atomic E-state index is 6.02. The smallest absolute Gasteiger partial charge is 0.247 e. The molecule has 0 amide bonds. The van der Waals surface area contributed by atoms with E-state index in [-0.39, 0.29) is 5.92 Å². The number of aryl methyl sites for hydroxylation is 1. The third-order valence-corrected chi connectivity index (χ3v) is 5.81. The van der Waals surface area contributed by atoms with E-state index in [1.807, 2.05) is 35.8 Å². The molecule has 2 aromatic heterocycles. The van der Waals surface area contributed by atoms with Gasteiger partial charge in [-0.05, 0) is 19.1 Å². The van der Waals surface area contributed by atoms with E-state index in [1.54, 1.807) is 18.4 Å². The summed E-state index contributed by atoms with van der Waals surface area (Å²) in [5.74, 6) is 1.81. The van der Waals surface area contributed by atoms with Crippen molar-refractivity contribution in [1.82, 2.24) is 20.1 Å². The molecule has 7 heteroatoms. The molecule has 4 rings (SSSR count). The van der Waals surface area contributed by atoms with Gasteiger partial charge in [0.15, 0.2) is 0 Å². The van der Waals surface area contributed by atoms with Crippen molar-refractivity contribution >= 4 is 11.3 Å². The minimum Gasteiger partial charge on any atom is -0.420 e. The first-order valence-corrected chi connectivity index (χ1v) is 9.61. The van der Waals surface area contributed by atoms with Gasteiger partial charge in [-0.15, -0.1) is 21.5 Å². The summed E-state index contributed by atoms with van der Waals surface area (Å²) in [6, 6.07) is 9.89. The Labute approximate surface area is 156 Å². The molecular formula is C19H22N4O2S. The summed E-state index contributed by atoms with van der Waals surface area (Å²) in [7, 11) is 1.75. The molecule has 1 fully saturated rings. The number of hydrogen-bond acceptors (Lipinski definition) is 7. The van der Waals surface area contributed by atoms with Gasteiger partial charge >= 0.3 is 0 Å². The van der Waals surface area contributed by atoms with Crippen molar-refractivity contribution in [3.63, 3.8) is 0 Å². The SMILES string of the molecule is COC[C@@H]1CN(Cc2scnc2C)C[C@H]1c1nnc(-c2ccccc2)o1. The van der Waals surface area contributed by atoms with Crippen molar-refractivity contribution in [2.45, 2.75) is 19.4 Å². The predicted molar refractivity (Wildman–Crippen MR) is 100.0 cm³/mol. The molecule has 1 aliphatic rings. The Bertz CT molecular complexity index is 848. The van der Waals surface area contributed by atoms with Gasteiger partial charge in [0, 0.05) is 43.1 Å². The van der Waals surface area contributed by atoms with E-state index in [4.69, 9.17) is 9.15 Å². The first-order valence-electron chi connectivity index (χ1n) is 8.73. The zero-order chi connectivity index (χ0) is 17.9. The second kappa shape index (κ2) is 7.65. The Morgan fingerprint density at radius 3 is 2.81 bits per heavy atom. The number of rotatable bonds is 6. The molecule has 0 unspecified atom stereocenters. The van der Waals surface area contributed by atoms with Crippen LogP contribution in [0.4, 0.5) is 0 Å². The molecule has 26 heavy (non-hydrogen) atoms. The second-order valence-electron chi connectivity index (χ2n) is 6.69. The van der Waals surface area contributed by atoms with E-state index in [9.17, 15) is 0 Å². The van der Waals surface area contributed by atoms with Gasteiger partial charge in [0.05, 0.1) is 23.7 Å². The Kier molecular flexibility index (Phi) is 5.10. The van der Waals surface area contributed by atoms with Crippen LogP contribution >= 0.6 is 11.3 Å². The maximum atomic E-state index is 6.02. The normalized spacial score (nSPS) is 20.7.